The lowest BCUT2D eigenvalue weighted by Crippen LogP contribution is -1.98. The molecular formula is C15H10ClNO2S. The summed E-state index contributed by atoms with van der Waals surface area (Å²) in [6.07, 6.45) is 0.541. The predicted molar refractivity (Wildman–Crippen MR) is 80.8 cm³/mol. The molecule has 1 N–H and O–H groups in total. The van der Waals surface area contributed by atoms with E-state index < -0.39 is 5.97 Å². The van der Waals surface area contributed by atoms with Crippen molar-refractivity contribution in [3.63, 3.8) is 0 Å². The fraction of sp³-hybridized carbons (Fsp3) is 0.0667. The molecule has 3 rings (SSSR count). The highest BCUT2D eigenvalue weighted by molar-refractivity contribution is 7.18. The number of nitrogens with zero attached hydrogens (tertiary/aromatic N) is 1. The molecule has 1 heterocycles. The Bertz CT molecular complexity index is 764. The summed E-state index contributed by atoms with van der Waals surface area (Å²) in [7, 11) is 0. The van der Waals surface area contributed by atoms with Gasteiger partial charge in [0.2, 0.25) is 0 Å². The van der Waals surface area contributed by atoms with Crippen molar-refractivity contribution >= 4 is 39.1 Å². The minimum atomic E-state index is -0.952. The zero-order chi connectivity index (χ0) is 14.1. The Hall–Kier alpha value is -1.91. The van der Waals surface area contributed by atoms with Crippen LogP contribution < -0.4 is 0 Å². The van der Waals surface area contributed by atoms with Crippen molar-refractivity contribution < 1.29 is 9.90 Å². The highest BCUT2D eigenvalue weighted by Gasteiger charge is 2.10. The average molecular weight is 304 g/mol. The van der Waals surface area contributed by atoms with Crippen LogP contribution in [0.25, 0.3) is 10.2 Å². The normalized spacial score (nSPS) is 10.8. The molecule has 0 aliphatic heterocycles. The molecule has 2 aromatic carbocycles. The lowest BCUT2D eigenvalue weighted by Gasteiger charge is -2.03. The summed E-state index contributed by atoms with van der Waals surface area (Å²) in [5.74, 6) is -0.952. The van der Waals surface area contributed by atoms with Crippen LogP contribution in [0.5, 0.6) is 0 Å². The average Bonchev–Trinajstić information content (AvgIpc) is 2.83. The van der Waals surface area contributed by atoms with Gasteiger partial charge in [-0.1, -0.05) is 23.7 Å². The van der Waals surface area contributed by atoms with Crippen LogP contribution in [-0.4, -0.2) is 16.1 Å². The van der Waals surface area contributed by atoms with E-state index in [1.165, 1.54) is 6.07 Å². The van der Waals surface area contributed by atoms with Gasteiger partial charge < -0.3 is 5.11 Å². The highest BCUT2D eigenvalue weighted by Crippen LogP contribution is 2.26. The summed E-state index contributed by atoms with van der Waals surface area (Å²) in [4.78, 5) is 15.5. The van der Waals surface area contributed by atoms with Crippen LogP contribution in [0.15, 0.2) is 42.5 Å². The van der Waals surface area contributed by atoms with E-state index >= 15 is 0 Å². The molecule has 0 saturated carbocycles. The number of benzene rings is 2. The summed E-state index contributed by atoms with van der Waals surface area (Å²) in [6, 6.07) is 12.6. The molecule has 3 aromatic rings. The molecule has 100 valence electrons. The van der Waals surface area contributed by atoms with Gasteiger partial charge >= 0.3 is 5.97 Å². The zero-order valence-corrected chi connectivity index (χ0v) is 11.9. The number of hydrogen-bond acceptors (Lipinski definition) is 3. The van der Waals surface area contributed by atoms with Crippen LogP contribution in [0.4, 0.5) is 0 Å². The first-order valence-corrected chi connectivity index (χ1v) is 7.19. The quantitative estimate of drug-likeness (QED) is 0.787. The maximum absolute atomic E-state index is 11.0. The molecule has 20 heavy (non-hydrogen) atoms. The first kappa shape index (κ1) is 13.1. The Morgan fingerprint density at radius 2 is 2.05 bits per heavy atom. The number of carboxylic acids is 1. The van der Waals surface area contributed by atoms with Crippen molar-refractivity contribution in [2.45, 2.75) is 6.42 Å². The summed E-state index contributed by atoms with van der Waals surface area (Å²) in [5, 5.41) is 10.5. The van der Waals surface area contributed by atoms with Gasteiger partial charge in [0.25, 0.3) is 0 Å². The van der Waals surface area contributed by atoms with E-state index in [1.54, 1.807) is 23.5 Å². The fourth-order valence-electron chi connectivity index (χ4n) is 2.00. The van der Waals surface area contributed by atoms with E-state index in [1.807, 2.05) is 24.3 Å². The number of carbonyl (C=O) groups is 1. The highest BCUT2D eigenvalue weighted by atomic mass is 35.5. The smallest absolute Gasteiger partial charge is 0.335 e. The molecule has 0 radical (unpaired) electrons. The molecule has 0 aliphatic rings. The van der Waals surface area contributed by atoms with Crippen molar-refractivity contribution in [1.29, 1.82) is 0 Å². The van der Waals surface area contributed by atoms with Crippen LogP contribution >= 0.6 is 22.9 Å². The van der Waals surface area contributed by atoms with Crippen molar-refractivity contribution in [3.05, 3.63) is 63.6 Å². The summed E-state index contributed by atoms with van der Waals surface area (Å²) < 4.78 is 1.12. The molecular weight excluding hydrogens is 294 g/mol. The van der Waals surface area contributed by atoms with Gasteiger partial charge in [-0.25, -0.2) is 9.78 Å². The molecule has 0 bridgehead atoms. The Labute approximate surface area is 124 Å². The molecule has 1 aromatic heterocycles. The van der Waals surface area contributed by atoms with E-state index in [2.05, 4.69) is 4.98 Å². The number of fused-ring (bicyclic) bond motifs is 1. The van der Waals surface area contributed by atoms with E-state index in [9.17, 15) is 4.79 Å². The third kappa shape index (κ3) is 2.53. The molecule has 0 atom stereocenters. The first-order chi connectivity index (χ1) is 9.63. The molecule has 0 fully saturated rings. The Morgan fingerprint density at radius 3 is 2.80 bits per heavy atom. The van der Waals surface area contributed by atoms with E-state index in [0.29, 0.717) is 11.4 Å². The monoisotopic (exact) mass is 303 g/mol. The first-order valence-electron chi connectivity index (χ1n) is 5.99. The van der Waals surface area contributed by atoms with Gasteiger partial charge in [0.05, 0.1) is 20.8 Å². The van der Waals surface area contributed by atoms with Crippen LogP contribution in [0.1, 0.15) is 20.9 Å². The topological polar surface area (TPSA) is 50.2 Å². The molecule has 0 amide bonds. The molecule has 0 spiro atoms. The molecule has 0 unspecified atom stereocenters. The molecule has 3 nitrogen and oxygen atoms in total. The number of aromatic nitrogens is 1. The minimum Gasteiger partial charge on any atom is -0.478 e. The number of rotatable bonds is 3. The van der Waals surface area contributed by atoms with E-state index in [-0.39, 0.29) is 5.56 Å². The second-order valence-electron chi connectivity index (χ2n) is 4.36. The SMILES string of the molecule is O=C(O)c1ccc(Cl)c(Cc2nc3ccccc3s2)c1. The number of carboxylic acid groups (broad SMARTS) is 1. The Kier molecular flexibility index (Phi) is 3.42. The largest absolute Gasteiger partial charge is 0.478 e. The van der Waals surface area contributed by atoms with Gasteiger partial charge in [0.1, 0.15) is 0 Å². The van der Waals surface area contributed by atoms with Crippen LogP contribution in [0.2, 0.25) is 5.02 Å². The Morgan fingerprint density at radius 1 is 1.25 bits per heavy atom. The maximum Gasteiger partial charge on any atom is 0.335 e. The van der Waals surface area contributed by atoms with Crippen LogP contribution in [0, 0.1) is 0 Å². The van der Waals surface area contributed by atoms with Gasteiger partial charge in [-0.05, 0) is 35.9 Å². The fourth-order valence-corrected chi connectivity index (χ4v) is 3.18. The number of hydrogen-bond donors (Lipinski definition) is 1. The van der Waals surface area contributed by atoms with Crippen LogP contribution in [0.3, 0.4) is 0 Å². The third-order valence-electron chi connectivity index (χ3n) is 2.97. The second kappa shape index (κ2) is 5.23. The van der Waals surface area contributed by atoms with Crippen molar-refractivity contribution in [2.24, 2.45) is 0 Å². The number of halogens is 1. The van der Waals surface area contributed by atoms with E-state index in [0.717, 1.165) is 20.8 Å². The van der Waals surface area contributed by atoms with E-state index in [4.69, 9.17) is 16.7 Å². The van der Waals surface area contributed by atoms with Crippen molar-refractivity contribution in [1.82, 2.24) is 4.98 Å². The van der Waals surface area contributed by atoms with Crippen molar-refractivity contribution in [2.75, 3.05) is 0 Å². The minimum absolute atomic E-state index is 0.241. The summed E-state index contributed by atoms with van der Waals surface area (Å²) in [5.41, 5.74) is 1.98. The van der Waals surface area contributed by atoms with Crippen LogP contribution in [-0.2, 0) is 6.42 Å². The number of para-hydroxylation sites is 1. The molecule has 0 aliphatic carbocycles. The summed E-state index contributed by atoms with van der Waals surface area (Å²) in [6.45, 7) is 0. The van der Waals surface area contributed by atoms with Gasteiger partial charge in [0.15, 0.2) is 0 Å². The van der Waals surface area contributed by atoms with Gasteiger partial charge in [-0.3, -0.25) is 0 Å². The van der Waals surface area contributed by atoms with Crippen molar-refractivity contribution in [3.8, 4) is 0 Å². The predicted octanol–water partition coefficient (Wildman–Crippen LogP) is 4.24. The summed E-state index contributed by atoms with van der Waals surface area (Å²) >= 11 is 7.73. The lowest BCUT2D eigenvalue weighted by atomic mass is 10.1. The van der Waals surface area contributed by atoms with Gasteiger partial charge in [0, 0.05) is 11.4 Å². The Balaban J connectivity index is 1.97. The number of thiazole rings is 1. The number of aromatic carboxylic acids is 1. The van der Waals surface area contributed by atoms with Gasteiger partial charge in [-0.2, -0.15) is 0 Å². The maximum atomic E-state index is 11.0. The molecule has 5 heteroatoms. The second-order valence-corrected chi connectivity index (χ2v) is 5.89. The third-order valence-corrected chi connectivity index (χ3v) is 4.38. The lowest BCUT2D eigenvalue weighted by molar-refractivity contribution is 0.0697. The van der Waals surface area contributed by atoms with Gasteiger partial charge in [-0.15, -0.1) is 11.3 Å². The standard InChI is InChI=1S/C15H10ClNO2S/c16-11-6-5-9(15(18)19)7-10(11)8-14-17-12-3-1-2-4-13(12)20-14/h1-7H,8H2,(H,18,19). The molecule has 0 saturated heterocycles. The zero-order valence-electron chi connectivity index (χ0n) is 10.3.